The van der Waals surface area contributed by atoms with Crippen molar-refractivity contribution >= 4 is 33.2 Å². The first kappa shape index (κ1) is 30.8. The minimum absolute atomic E-state index is 0.0502. The summed E-state index contributed by atoms with van der Waals surface area (Å²) >= 11 is 1.34. The van der Waals surface area contributed by atoms with Gasteiger partial charge in [-0.15, -0.1) is 11.3 Å². The normalized spacial score (nSPS) is 12.3. The van der Waals surface area contributed by atoms with Crippen LogP contribution in [0.1, 0.15) is 92.4 Å². The Bertz CT molecular complexity index is 1070. The number of carbonyl (C=O) groups is 2. The third kappa shape index (κ3) is 10.5. The predicted molar refractivity (Wildman–Crippen MR) is 147 cm³/mol. The topological polar surface area (TPSA) is 122 Å². The van der Waals surface area contributed by atoms with Crippen molar-refractivity contribution in [3.8, 4) is 5.75 Å². The Hall–Kier alpha value is -2.43. The molecule has 2 rings (SSSR count). The molecule has 3 N–H and O–H groups in total. The van der Waals surface area contributed by atoms with Crippen LogP contribution in [0.25, 0.3) is 0 Å². The molecule has 0 aliphatic heterocycles. The molecule has 206 valence electrons. The minimum Gasteiger partial charge on any atom is -0.496 e. The van der Waals surface area contributed by atoms with Gasteiger partial charge < -0.3 is 15.2 Å². The fourth-order valence-electron chi connectivity index (χ4n) is 4.18. The number of carboxylic acid groups (broad SMARTS) is 1. The van der Waals surface area contributed by atoms with Crippen LogP contribution in [0.4, 0.5) is 0 Å². The average Bonchev–Trinajstić information content (AvgIpc) is 3.40. The maximum atomic E-state index is 13.5. The number of sulfonamides is 1. The zero-order valence-corrected chi connectivity index (χ0v) is 23.5. The van der Waals surface area contributed by atoms with Crippen LogP contribution in [0.15, 0.2) is 35.7 Å². The monoisotopic (exact) mass is 552 g/mol. The second-order valence-corrected chi connectivity index (χ2v) is 11.9. The predicted octanol–water partition coefficient (Wildman–Crippen LogP) is 5.39. The molecule has 10 heteroatoms. The summed E-state index contributed by atoms with van der Waals surface area (Å²) in [6, 6.07) is 8.52. The molecular weight excluding hydrogens is 512 g/mol. The van der Waals surface area contributed by atoms with Gasteiger partial charge in [0.2, 0.25) is 10.0 Å². The maximum absolute atomic E-state index is 13.5. The molecule has 1 aromatic carbocycles. The molecular formula is C27H40N2O6S2. The summed E-state index contributed by atoms with van der Waals surface area (Å²) in [5.41, 5.74) is 0.999. The molecule has 0 saturated heterocycles. The second kappa shape index (κ2) is 16.4. The van der Waals surface area contributed by atoms with Gasteiger partial charge in [-0.05, 0) is 35.6 Å². The highest BCUT2D eigenvalue weighted by atomic mass is 32.2. The molecule has 0 aliphatic carbocycles. The van der Waals surface area contributed by atoms with Gasteiger partial charge in [0, 0.05) is 23.5 Å². The first-order valence-electron chi connectivity index (χ1n) is 13.0. The molecule has 0 saturated carbocycles. The Morgan fingerprint density at radius 1 is 1.00 bits per heavy atom. The molecule has 1 aromatic heterocycles. The van der Waals surface area contributed by atoms with Crippen molar-refractivity contribution in [2.24, 2.45) is 0 Å². The molecule has 1 amide bonds. The standard InChI is InChI=1S/C27H40N2O6S2/c1-3-4-5-6-7-8-9-10-11-12-17-29-37(33,34)25(24-14-13-18-36-24)22-19-21(15-16-23(22)35-2)20-28-26(30)27(31)32/h13-16,18-19,25,29H,3-12,17,20H2,1-2H3,(H,28,30)(H,31,32). The van der Waals surface area contributed by atoms with Crippen LogP contribution in [0.2, 0.25) is 0 Å². The van der Waals surface area contributed by atoms with Gasteiger partial charge in [-0.1, -0.05) is 76.8 Å². The molecule has 0 aliphatic rings. The Kier molecular flexibility index (Phi) is 13.7. The number of amides is 1. The van der Waals surface area contributed by atoms with E-state index in [9.17, 15) is 18.0 Å². The fourth-order valence-corrected chi connectivity index (χ4v) is 6.95. The number of rotatable bonds is 18. The van der Waals surface area contributed by atoms with Crippen molar-refractivity contribution in [1.29, 1.82) is 0 Å². The summed E-state index contributed by atoms with van der Waals surface area (Å²) in [4.78, 5) is 22.9. The number of methoxy groups -OCH3 is 1. The summed E-state index contributed by atoms with van der Waals surface area (Å²) in [6.45, 7) is 2.53. The van der Waals surface area contributed by atoms with E-state index in [0.29, 0.717) is 28.3 Å². The van der Waals surface area contributed by atoms with Crippen LogP contribution in [0.3, 0.4) is 0 Å². The molecule has 2 aromatic rings. The van der Waals surface area contributed by atoms with Crippen molar-refractivity contribution in [1.82, 2.24) is 10.0 Å². The quantitative estimate of drug-likeness (QED) is 0.168. The van der Waals surface area contributed by atoms with Crippen LogP contribution in [0, 0.1) is 0 Å². The number of hydrogen-bond acceptors (Lipinski definition) is 6. The zero-order valence-electron chi connectivity index (χ0n) is 21.8. The third-order valence-corrected chi connectivity index (χ3v) is 8.99. The van der Waals surface area contributed by atoms with Gasteiger partial charge in [-0.3, -0.25) is 4.79 Å². The number of benzene rings is 1. The fraction of sp³-hybridized carbons (Fsp3) is 0.556. The molecule has 1 heterocycles. The van der Waals surface area contributed by atoms with Crippen LogP contribution < -0.4 is 14.8 Å². The lowest BCUT2D eigenvalue weighted by atomic mass is 10.1. The van der Waals surface area contributed by atoms with E-state index < -0.39 is 27.1 Å². The number of unbranched alkanes of at least 4 members (excludes halogenated alkanes) is 9. The van der Waals surface area contributed by atoms with E-state index >= 15 is 0 Å². The molecule has 0 radical (unpaired) electrons. The van der Waals surface area contributed by atoms with Crippen molar-refractivity contribution in [2.75, 3.05) is 13.7 Å². The highest BCUT2D eigenvalue weighted by Gasteiger charge is 2.32. The highest BCUT2D eigenvalue weighted by molar-refractivity contribution is 7.90. The van der Waals surface area contributed by atoms with Crippen LogP contribution in [-0.2, 0) is 26.2 Å². The van der Waals surface area contributed by atoms with E-state index in [4.69, 9.17) is 9.84 Å². The summed E-state index contributed by atoms with van der Waals surface area (Å²) in [5, 5.41) is 11.9. The van der Waals surface area contributed by atoms with Gasteiger partial charge in [0.25, 0.3) is 0 Å². The lowest BCUT2D eigenvalue weighted by molar-refractivity contribution is -0.150. The average molecular weight is 553 g/mol. The Morgan fingerprint density at radius 3 is 2.22 bits per heavy atom. The highest BCUT2D eigenvalue weighted by Crippen LogP contribution is 2.38. The Labute approximate surface area is 224 Å². The number of ether oxygens (including phenoxy) is 1. The van der Waals surface area contributed by atoms with Crippen molar-refractivity contribution < 1.29 is 27.9 Å². The summed E-state index contributed by atoms with van der Waals surface area (Å²) < 4.78 is 35.3. The lowest BCUT2D eigenvalue weighted by Gasteiger charge is -2.21. The van der Waals surface area contributed by atoms with Crippen LogP contribution >= 0.6 is 11.3 Å². The number of aliphatic carboxylic acids is 1. The maximum Gasteiger partial charge on any atom is 0.394 e. The van der Waals surface area contributed by atoms with E-state index in [0.717, 1.165) is 19.3 Å². The van der Waals surface area contributed by atoms with Crippen LogP contribution in [0.5, 0.6) is 5.75 Å². The molecule has 37 heavy (non-hydrogen) atoms. The molecule has 0 spiro atoms. The number of thiophene rings is 1. The SMILES string of the molecule is CCCCCCCCCCCCNS(=O)(=O)C(c1cccs1)c1cc(CNC(=O)C(=O)O)ccc1OC. The number of carbonyl (C=O) groups excluding carboxylic acids is 1. The van der Waals surface area contributed by atoms with Gasteiger partial charge in [0.1, 0.15) is 11.0 Å². The summed E-state index contributed by atoms with van der Waals surface area (Å²) in [7, 11) is -2.33. The smallest absolute Gasteiger partial charge is 0.394 e. The molecule has 0 bridgehead atoms. The van der Waals surface area contributed by atoms with Crippen molar-refractivity contribution in [2.45, 2.75) is 82.9 Å². The van der Waals surface area contributed by atoms with Gasteiger partial charge in [0.15, 0.2) is 0 Å². The van der Waals surface area contributed by atoms with Crippen molar-refractivity contribution in [3.63, 3.8) is 0 Å². The molecule has 0 fully saturated rings. The van der Waals surface area contributed by atoms with E-state index in [-0.39, 0.29) is 6.54 Å². The summed E-state index contributed by atoms with van der Waals surface area (Å²) in [6.07, 6.45) is 11.7. The first-order chi connectivity index (χ1) is 17.8. The van der Waals surface area contributed by atoms with Gasteiger partial charge in [-0.2, -0.15) is 0 Å². The zero-order chi connectivity index (χ0) is 27.1. The van der Waals surface area contributed by atoms with E-state index in [1.165, 1.54) is 63.4 Å². The Balaban J connectivity index is 2.03. The largest absolute Gasteiger partial charge is 0.496 e. The van der Waals surface area contributed by atoms with Crippen LogP contribution in [-0.4, -0.2) is 39.1 Å². The molecule has 8 nitrogen and oxygen atoms in total. The lowest BCUT2D eigenvalue weighted by Crippen LogP contribution is -2.31. The van der Waals surface area contributed by atoms with E-state index in [1.54, 1.807) is 30.3 Å². The van der Waals surface area contributed by atoms with Gasteiger partial charge in [0.05, 0.1) is 7.11 Å². The Morgan fingerprint density at radius 2 is 1.65 bits per heavy atom. The second-order valence-electron chi connectivity index (χ2n) is 9.08. The first-order valence-corrected chi connectivity index (χ1v) is 15.4. The molecule has 1 atom stereocenters. The van der Waals surface area contributed by atoms with E-state index in [2.05, 4.69) is 17.0 Å². The van der Waals surface area contributed by atoms with Gasteiger partial charge >= 0.3 is 11.9 Å². The third-order valence-electron chi connectivity index (χ3n) is 6.17. The minimum atomic E-state index is -3.80. The summed E-state index contributed by atoms with van der Waals surface area (Å²) in [5.74, 6) is -2.31. The van der Waals surface area contributed by atoms with Crippen molar-refractivity contribution in [3.05, 3.63) is 51.7 Å². The number of carboxylic acids is 1. The number of hydrogen-bond donors (Lipinski definition) is 3. The van der Waals surface area contributed by atoms with E-state index in [1.807, 2.05) is 5.38 Å². The molecule has 1 unspecified atom stereocenters. The number of nitrogens with one attached hydrogen (secondary N) is 2. The van der Waals surface area contributed by atoms with Gasteiger partial charge in [-0.25, -0.2) is 17.9 Å².